The first-order valence-corrected chi connectivity index (χ1v) is 3.92. The summed E-state index contributed by atoms with van der Waals surface area (Å²) in [6.45, 7) is 3.38. The minimum Gasteiger partial charge on any atom is -0.485 e. The molecule has 2 radical (unpaired) electrons. The van der Waals surface area contributed by atoms with E-state index in [-0.39, 0.29) is 17.3 Å². The van der Waals surface area contributed by atoms with Gasteiger partial charge in [0.25, 0.3) is 0 Å². The third-order valence-corrected chi connectivity index (χ3v) is 1.37. The van der Waals surface area contributed by atoms with E-state index < -0.39 is 11.6 Å². The number of benzene rings is 1. The summed E-state index contributed by atoms with van der Waals surface area (Å²) in [5.74, 6) is -1.92. The maximum Gasteiger partial charge on any atom is 0.190 e. The summed E-state index contributed by atoms with van der Waals surface area (Å²) in [4.78, 5) is 0. The Bertz CT molecular complexity index is 289. The van der Waals surface area contributed by atoms with Crippen molar-refractivity contribution in [3.63, 3.8) is 0 Å². The summed E-state index contributed by atoms with van der Waals surface area (Å²) in [7, 11) is 5.22. The molecule has 68 valence electrons. The monoisotopic (exact) mass is 182 g/mol. The second kappa shape index (κ2) is 3.77. The fourth-order valence-corrected chi connectivity index (χ4v) is 0.928. The van der Waals surface area contributed by atoms with Crippen LogP contribution < -0.4 is 10.2 Å². The Morgan fingerprint density at radius 2 is 1.69 bits per heavy atom. The van der Waals surface area contributed by atoms with E-state index in [1.807, 2.05) is 0 Å². The van der Waals surface area contributed by atoms with Crippen LogP contribution in [0, 0.1) is 11.6 Å². The van der Waals surface area contributed by atoms with Crippen molar-refractivity contribution in [3.05, 3.63) is 23.8 Å². The molecule has 0 saturated heterocycles. The Morgan fingerprint density at radius 1 is 1.23 bits per heavy atom. The zero-order valence-electron chi connectivity index (χ0n) is 7.47. The molecule has 0 aromatic heterocycles. The second-order valence-corrected chi connectivity index (χ2v) is 2.98. The van der Waals surface area contributed by atoms with Gasteiger partial charge in [0.1, 0.15) is 7.85 Å². The smallest absolute Gasteiger partial charge is 0.190 e. The summed E-state index contributed by atoms with van der Waals surface area (Å²) < 4.78 is 31.0. The predicted octanol–water partition coefficient (Wildman–Crippen LogP) is 1.55. The fraction of sp³-hybridized carbons (Fsp3) is 0.333. The average Bonchev–Trinajstić information content (AvgIpc) is 1.96. The molecule has 1 rings (SSSR count). The molecule has 0 unspecified atom stereocenters. The molecule has 0 saturated carbocycles. The first-order chi connectivity index (χ1) is 6.00. The number of hydrogen-bond acceptors (Lipinski definition) is 1. The summed E-state index contributed by atoms with van der Waals surface area (Å²) >= 11 is 0. The molecule has 1 aromatic rings. The lowest BCUT2D eigenvalue weighted by molar-refractivity contribution is 0.219. The van der Waals surface area contributed by atoms with Crippen molar-refractivity contribution in [2.45, 2.75) is 20.0 Å². The van der Waals surface area contributed by atoms with Crippen molar-refractivity contribution < 1.29 is 13.5 Å². The van der Waals surface area contributed by atoms with Crippen LogP contribution in [0.4, 0.5) is 8.78 Å². The van der Waals surface area contributed by atoms with E-state index in [9.17, 15) is 8.78 Å². The molecular weight excluding hydrogens is 173 g/mol. The molecule has 0 heterocycles. The molecule has 0 aliphatic carbocycles. The Labute approximate surface area is 77.1 Å². The van der Waals surface area contributed by atoms with E-state index in [1.165, 1.54) is 0 Å². The van der Waals surface area contributed by atoms with Gasteiger partial charge in [-0.25, -0.2) is 8.78 Å². The molecule has 4 heteroatoms. The fourth-order valence-electron chi connectivity index (χ4n) is 0.928. The maximum atomic E-state index is 13.0. The largest absolute Gasteiger partial charge is 0.485 e. The van der Waals surface area contributed by atoms with Crippen molar-refractivity contribution in [1.82, 2.24) is 0 Å². The van der Waals surface area contributed by atoms with E-state index in [4.69, 9.17) is 12.6 Å². The maximum absolute atomic E-state index is 13.0. The van der Waals surface area contributed by atoms with Gasteiger partial charge in [-0.05, 0) is 26.0 Å². The molecule has 0 N–H and O–H groups in total. The Kier molecular flexibility index (Phi) is 2.91. The van der Waals surface area contributed by atoms with Crippen molar-refractivity contribution >= 4 is 13.3 Å². The van der Waals surface area contributed by atoms with Crippen LogP contribution in [0.1, 0.15) is 13.8 Å². The first-order valence-electron chi connectivity index (χ1n) is 3.92. The molecule has 0 spiro atoms. The standard InChI is InChI=1S/C9H9BF2O/c1-5(2)13-9-7(11)3-6(10)4-8(9)12/h3-5H,1-2H3. The third kappa shape index (κ3) is 2.44. The van der Waals surface area contributed by atoms with Crippen molar-refractivity contribution in [3.8, 4) is 5.75 Å². The molecule has 0 amide bonds. The number of hydrogen-bond donors (Lipinski definition) is 0. The van der Waals surface area contributed by atoms with Gasteiger partial charge in [0.15, 0.2) is 17.4 Å². The molecule has 0 bridgehead atoms. The lowest BCUT2D eigenvalue weighted by Gasteiger charge is -2.11. The Hall–Kier alpha value is -1.06. The normalized spacial score (nSPS) is 10.5. The zero-order valence-corrected chi connectivity index (χ0v) is 7.47. The zero-order chi connectivity index (χ0) is 10.0. The summed E-state index contributed by atoms with van der Waals surface area (Å²) in [5.41, 5.74) is 0.0473. The Balaban J connectivity index is 3.06. The quantitative estimate of drug-likeness (QED) is 0.630. The molecule has 0 aliphatic heterocycles. The van der Waals surface area contributed by atoms with Gasteiger partial charge in [-0.1, -0.05) is 5.46 Å². The third-order valence-electron chi connectivity index (χ3n) is 1.37. The average molecular weight is 182 g/mol. The minimum absolute atomic E-state index is 0.0473. The van der Waals surface area contributed by atoms with E-state index in [0.717, 1.165) is 12.1 Å². The van der Waals surface area contributed by atoms with E-state index in [2.05, 4.69) is 0 Å². The van der Waals surface area contributed by atoms with Gasteiger partial charge < -0.3 is 4.74 Å². The summed E-state index contributed by atoms with van der Waals surface area (Å²) in [5, 5.41) is 0. The van der Waals surface area contributed by atoms with E-state index in [1.54, 1.807) is 13.8 Å². The van der Waals surface area contributed by atoms with Gasteiger partial charge in [-0.15, -0.1) is 0 Å². The minimum atomic E-state index is -0.772. The van der Waals surface area contributed by atoms with Crippen molar-refractivity contribution in [2.75, 3.05) is 0 Å². The SMILES string of the molecule is [B]c1cc(F)c(OC(C)C)c(F)c1. The van der Waals surface area contributed by atoms with Crippen LogP contribution >= 0.6 is 0 Å². The predicted molar refractivity (Wildman–Crippen MR) is 47.5 cm³/mol. The molecule has 13 heavy (non-hydrogen) atoms. The number of rotatable bonds is 2. The number of halogens is 2. The summed E-state index contributed by atoms with van der Waals surface area (Å²) in [6, 6.07) is 2.06. The van der Waals surface area contributed by atoms with Gasteiger partial charge in [-0.2, -0.15) is 0 Å². The number of ether oxygens (including phenoxy) is 1. The topological polar surface area (TPSA) is 9.23 Å². The van der Waals surface area contributed by atoms with Crippen molar-refractivity contribution in [2.24, 2.45) is 0 Å². The van der Waals surface area contributed by atoms with Crippen molar-refractivity contribution in [1.29, 1.82) is 0 Å². The van der Waals surface area contributed by atoms with Crippen LogP contribution in [-0.4, -0.2) is 14.0 Å². The molecule has 1 nitrogen and oxygen atoms in total. The molecule has 0 atom stereocenters. The van der Waals surface area contributed by atoms with Crippen LogP contribution in [0.5, 0.6) is 5.75 Å². The van der Waals surface area contributed by atoms with Crippen LogP contribution in [0.25, 0.3) is 0 Å². The lowest BCUT2D eigenvalue weighted by atomic mass is 9.96. The molecule has 1 aromatic carbocycles. The first kappa shape index (κ1) is 10.0. The van der Waals surface area contributed by atoms with Crippen LogP contribution in [0.15, 0.2) is 12.1 Å². The molecule has 0 aliphatic rings. The van der Waals surface area contributed by atoms with Gasteiger partial charge in [0.2, 0.25) is 0 Å². The van der Waals surface area contributed by atoms with E-state index in [0.29, 0.717) is 0 Å². The van der Waals surface area contributed by atoms with Gasteiger partial charge in [-0.3, -0.25) is 0 Å². The van der Waals surface area contributed by atoms with Gasteiger partial charge in [0, 0.05) is 0 Å². The highest BCUT2D eigenvalue weighted by molar-refractivity contribution is 6.32. The van der Waals surface area contributed by atoms with Crippen LogP contribution in [-0.2, 0) is 0 Å². The van der Waals surface area contributed by atoms with Crippen LogP contribution in [0.3, 0.4) is 0 Å². The van der Waals surface area contributed by atoms with E-state index >= 15 is 0 Å². The highest BCUT2D eigenvalue weighted by Gasteiger charge is 2.11. The van der Waals surface area contributed by atoms with Gasteiger partial charge in [0.05, 0.1) is 6.10 Å². The van der Waals surface area contributed by atoms with Gasteiger partial charge >= 0.3 is 0 Å². The molecule has 0 fully saturated rings. The molecular formula is C9H9BF2O. The highest BCUT2D eigenvalue weighted by Crippen LogP contribution is 2.20. The summed E-state index contributed by atoms with van der Waals surface area (Å²) in [6.07, 6.45) is -0.271. The lowest BCUT2D eigenvalue weighted by Crippen LogP contribution is -2.12. The second-order valence-electron chi connectivity index (χ2n) is 2.98. The Morgan fingerprint density at radius 3 is 2.08 bits per heavy atom. The highest BCUT2D eigenvalue weighted by atomic mass is 19.1. The van der Waals surface area contributed by atoms with Crippen LogP contribution in [0.2, 0.25) is 0 Å².